The van der Waals surface area contributed by atoms with Crippen LogP contribution in [0.3, 0.4) is 0 Å². The average Bonchev–Trinajstić information content (AvgIpc) is 3.45. The van der Waals surface area contributed by atoms with E-state index in [1.54, 1.807) is 0 Å². The zero-order valence-corrected chi connectivity index (χ0v) is 22.0. The Morgan fingerprint density at radius 3 is 2.41 bits per heavy atom. The van der Waals surface area contributed by atoms with E-state index in [2.05, 4.69) is 24.1 Å². The molecule has 5 rings (SSSR count). The Morgan fingerprint density at radius 1 is 0.946 bits per heavy atom. The summed E-state index contributed by atoms with van der Waals surface area (Å²) in [6.45, 7) is 7.19. The topological polar surface area (TPSA) is 73.0 Å². The summed E-state index contributed by atoms with van der Waals surface area (Å²) >= 11 is 0. The summed E-state index contributed by atoms with van der Waals surface area (Å²) in [6, 6.07) is 13.6. The molecule has 0 aliphatic carbocycles. The summed E-state index contributed by atoms with van der Waals surface area (Å²) < 4.78 is 0. The molecule has 1 atom stereocenters. The van der Waals surface area contributed by atoms with E-state index in [1.807, 2.05) is 52.3 Å². The van der Waals surface area contributed by atoms with Gasteiger partial charge in [0.25, 0.3) is 5.91 Å². The third-order valence-corrected chi connectivity index (χ3v) is 7.92. The van der Waals surface area contributed by atoms with Gasteiger partial charge in [0.2, 0.25) is 11.8 Å². The van der Waals surface area contributed by atoms with Crippen LogP contribution in [0.5, 0.6) is 0 Å². The third kappa shape index (κ3) is 5.36. The fraction of sp³-hybridized carbons (Fsp3) is 0.500. The highest BCUT2D eigenvalue weighted by Crippen LogP contribution is 2.40. The van der Waals surface area contributed by atoms with Gasteiger partial charge in [-0.2, -0.15) is 0 Å². The summed E-state index contributed by atoms with van der Waals surface area (Å²) in [4.78, 5) is 45.3. The van der Waals surface area contributed by atoms with Crippen LogP contribution < -0.4 is 15.1 Å². The number of anilines is 3. The van der Waals surface area contributed by atoms with Gasteiger partial charge in [-0.15, -0.1) is 0 Å². The Kier molecular flexibility index (Phi) is 7.49. The lowest BCUT2D eigenvalue weighted by molar-refractivity contribution is -0.121. The van der Waals surface area contributed by atoms with Gasteiger partial charge in [0, 0.05) is 43.9 Å². The number of amides is 3. The van der Waals surface area contributed by atoms with E-state index in [1.165, 1.54) is 5.56 Å². The number of hydrogen-bond donors (Lipinski definition) is 1. The van der Waals surface area contributed by atoms with E-state index >= 15 is 0 Å². The number of rotatable bonds is 7. The maximum Gasteiger partial charge on any atom is 0.253 e. The monoisotopic (exact) mass is 502 g/mol. The van der Waals surface area contributed by atoms with Crippen molar-refractivity contribution in [3.63, 3.8) is 0 Å². The van der Waals surface area contributed by atoms with Gasteiger partial charge < -0.3 is 20.0 Å². The van der Waals surface area contributed by atoms with Gasteiger partial charge >= 0.3 is 0 Å². The molecular weight excluding hydrogens is 464 g/mol. The fourth-order valence-corrected chi connectivity index (χ4v) is 5.80. The molecule has 3 aliphatic rings. The van der Waals surface area contributed by atoms with Crippen molar-refractivity contribution < 1.29 is 14.4 Å². The predicted molar refractivity (Wildman–Crippen MR) is 147 cm³/mol. The first kappa shape index (κ1) is 25.3. The van der Waals surface area contributed by atoms with Crippen LogP contribution in [0.15, 0.2) is 42.5 Å². The molecule has 1 N–H and O–H groups in total. The second-order valence-corrected chi connectivity index (χ2v) is 10.8. The van der Waals surface area contributed by atoms with Gasteiger partial charge in [0.05, 0.1) is 11.4 Å². The Morgan fingerprint density at radius 2 is 1.68 bits per heavy atom. The van der Waals surface area contributed by atoms with Crippen LogP contribution in [-0.2, 0) is 9.59 Å². The molecule has 0 bridgehead atoms. The van der Waals surface area contributed by atoms with Crippen LogP contribution in [0.2, 0.25) is 0 Å². The molecule has 0 saturated carbocycles. The van der Waals surface area contributed by atoms with Crippen molar-refractivity contribution in [1.29, 1.82) is 0 Å². The van der Waals surface area contributed by atoms with Crippen LogP contribution >= 0.6 is 0 Å². The molecule has 196 valence electrons. The lowest BCUT2D eigenvalue weighted by atomic mass is 9.95. The normalized spacial score (nSPS) is 19.2. The van der Waals surface area contributed by atoms with Crippen molar-refractivity contribution in [3.05, 3.63) is 53.6 Å². The fourth-order valence-electron chi connectivity index (χ4n) is 5.80. The molecule has 3 heterocycles. The predicted octanol–water partition coefficient (Wildman–Crippen LogP) is 5.17. The highest BCUT2D eigenvalue weighted by molar-refractivity contribution is 6.07. The maximum absolute atomic E-state index is 13.6. The van der Waals surface area contributed by atoms with Crippen LogP contribution in [0, 0.1) is 0 Å². The van der Waals surface area contributed by atoms with E-state index in [-0.39, 0.29) is 23.8 Å². The van der Waals surface area contributed by atoms with E-state index in [0.29, 0.717) is 30.9 Å². The molecule has 2 saturated heterocycles. The highest BCUT2D eigenvalue weighted by Gasteiger charge is 2.39. The molecule has 2 fully saturated rings. The first-order valence-electron chi connectivity index (χ1n) is 13.8. The van der Waals surface area contributed by atoms with Gasteiger partial charge in [-0.3, -0.25) is 14.4 Å². The van der Waals surface area contributed by atoms with Crippen molar-refractivity contribution in [3.8, 4) is 0 Å². The average molecular weight is 503 g/mol. The quantitative estimate of drug-likeness (QED) is 0.567. The Labute approximate surface area is 219 Å². The molecular formula is C30H38N4O3. The molecule has 2 aromatic carbocycles. The first-order valence-corrected chi connectivity index (χ1v) is 13.8. The molecule has 0 unspecified atom stereocenters. The van der Waals surface area contributed by atoms with E-state index < -0.39 is 0 Å². The Balaban J connectivity index is 1.29. The molecule has 0 spiro atoms. The number of piperidine rings is 1. The Hall–Kier alpha value is -3.35. The van der Waals surface area contributed by atoms with E-state index in [0.717, 1.165) is 68.8 Å². The number of benzene rings is 2. The van der Waals surface area contributed by atoms with Crippen molar-refractivity contribution in [2.24, 2.45) is 0 Å². The summed E-state index contributed by atoms with van der Waals surface area (Å²) in [5.41, 5.74) is 4.49. The van der Waals surface area contributed by atoms with Crippen molar-refractivity contribution >= 4 is 34.8 Å². The smallest absolute Gasteiger partial charge is 0.253 e. The van der Waals surface area contributed by atoms with Gasteiger partial charge in [-0.05, 0) is 80.3 Å². The number of carbonyl (C=O) groups excluding carboxylic acids is 3. The van der Waals surface area contributed by atoms with Gasteiger partial charge in [-0.1, -0.05) is 26.0 Å². The number of fused-ring (bicyclic) bond motifs is 3. The van der Waals surface area contributed by atoms with Crippen LogP contribution in [-0.4, -0.2) is 54.8 Å². The molecule has 0 radical (unpaired) electrons. The van der Waals surface area contributed by atoms with Crippen LogP contribution in [0.1, 0.15) is 80.6 Å². The molecule has 2 aromatic rings. The zero-order valence-electron chi connectivity index (χ0n) is 22.0. The minimum Gasteiger partial charge on any atom is -0.358 e. The maximum atomic E-state index is 13.6. The number of likely N-dealkylation sites (tertiary alicyclic amines) is 1. The summed E-state index contributed by atoms with van der Waals surface area (Å²) in [5.74, 6) is 0.513. The molecule has 37 heavy (non-hydrogen) atoms. The van der Waals surface area contributed by atoms with E-state index in [9.17, 15) is 14.4 Å². The summed E-state index contributed by atoms with van der Waals surface area (Å²) in [5, 5.41) is 2.98. The summed E-state index contributed by atoms with van der Waals surface area (Å²) in [6.07, 6.45) is 5.91. The van der Waals surface area contributed by atoms with Gasteiger partial charge in [0.15, 0.2) is 0 Å². The second-order valence-electron chi connectivity index (χ2n) is 10.8. The largest absolute Gasteiger partial charge is 0.358 e. The minimum absolute atomic E-state index is 0.0383. The second kappa shape index (κ2) is 11.0. The number of nitrogens with one attached hydrogen (secondary N) is 1. The SMILES string of the molecule is CC(C)c1ccc(NC(=O)CCCN2C(=O)[C@H]3CCCCN3c3ccc(C(=O)N4CCCC4)cc32)cc1. The molecule has 3 aliphatic heterocycles. The highest BCUT2D eigenvalue weighted by atomic mass is 16.2. The van der Waals surface area contributed by atoms with Crippen molar-refractivity contribution in [2.75, 3.05) is 41.3 Å². The molecule has 7 nitrogen and oxygen atoms in total. The minimum atomic E-state index is -0.158. The van der Waals surface area contributed by atoms with Crippen molar-refractivity contribution in [1.82, 2.24) is 4.90 Å². The van der Waals surface area contributed by atoms with Gasteiger partial charge in [-0.25, -0.2) is 0 Å². The standard InChI is InChI=1S/C30H38N4O3/c1-21(2)22-10-13-24(14-11-22)31-28(35)9-7-19-34-27-20-23(29(36)32-16-5-6-17-32)12-15-25(27)33-18-4-3-8-26(33)30(34)37/h10-15,20-21,26H,3-9,16-19H2,1-2H3,(H,31,35)/t26-/m1/s1. The van der Waals surface area contributed by atoms with Crippen molar-refractivity contribution in [2.45, 2.75) is 70.8 Å². The zero-order chi connectivity index (χ0) is 25.9. The first-order chi connectivity index (χ1) is 17.9. The lowest BCUT2D eigenvalue weighted by Gasteiger charge is -2.45. The molecule has 0 aromatic heterocycles. The molecule has 7 heteroatoms. The number of hydrogen-bond acceptors (Lipinski definition) is 4. The lowest BCUT2D eigenvalue weighted by Crippen LogP contribution is -2.55. The van der Waals surface area contributed by atoms with E-state index in [4.69, 9.17) is 0 Å². The van der Waals surface area contributed by atoms with Crippen LogP contribution in [0.25, 0.3) is 0 Å². The molecule has 3 amide bonds. The number of nitrogens with zero attached hydrogens (tertiary/aromatic N) is 3. The third-order valence-electron chi connectivity index (χ3n) is 7.92. The Bertz CT molecular complexity index is 1150. The van der Waals surface area contributed by atoms with Gasteiger partial charge in [0.1, 0.15) is 6.04 Å². The van der Waals surface area contributed by atoms with Crippen LogP contribution in [0.4, 0.5) is 17.1 Å². The number of carbonyl (C=O) groups is 3. The summed E-state index contributed by atoms with van der Waals surface area (Å²) in [7, 11) is 0.